The molecule has 0 saturated heterocycles. The van der Waals surface area contributed by atoms with Gasteiger partial charge in [-0.1, -0.05) is 5.16 Å². The van der Waals surface area contributed by atoms with Gasteiger partial charge in [0.1, 0.15) is 5.69 Å². The van der Waals surface area contributed by atoms with Gasteiger partial charge < -0.3 is 10.3 Å². The second kappa shape index (κ2) is 3.70. The minimum Gasteiger partial charge on any atom is -0.368 e. The molecule has 0 unspecified atom stereocenters. The van der Waals surface area contributed by atoms with Crippen molar-refractivity contribution < 1.29 is 4.52 Å². The van der Waals surface area contributed by atoms with E-state index in [0.29, 0.717) is 11.3 Å². The molecule has 2 aromatic rings. The first-order valence-corrected chi connectivity index (χ1v) is 4.85. The Hall–Kier alpha value is -2.28. The molecule has 4 heteroatoms. The van der Waals surface area contributed by atoms with Gasteiger partial charge in [-0.2, -0.15) is 5.26 Å². The summed E-state index contributed by atoms with van der Waals surface area (Å²) in [5, 5.41) is 12.8. The second-order valence-corrected chi connectivity index (χ2v) is 3.69. The van der Waals surface area contributed by atoms with Crippen LogP contribution in [0.4, 0.5) is 5.88 Å². The summed E-state index contributed by atoms with van der Waals surface area (Å²) in [6, 6.07) is 7.42. The van der Waals surface area contributed by atoms with Gasteiger partial charge in [0, 0.05) is 11.6 Å². The highest BCUT2D eigenvalue weighted by Gasteiger charge is 2.10. The number of nitriles is 1. The summed E-state index contributed by atoms with van der Waals surface area (Å²) in [5.41, 5.74) is 9.77. The van der Waals surface area contributed by atoms with E-state index in [0.717, 1.165) is 16.7 Å². The molecule has 16 heavy (non-hydrogen) atoms. The summed E-state index contributed by atoms with van der Waals surface area (Å²) in [7, 11) is 0. The molecule has 0 aliphatic rings. The smallest absolute Gasteiger partial charge is 0.222 e. The standard InChI is InChI=1S/C12H11N3O/c1-7-3-9(6-13)4-10(8(7)2)11-5-12(14)16-15-11/h3-5H,14H2,1-2H3. The molecular formula is C12H11N3O. The van der Waals surface area contributed by atoms with E-state index in [-0.39, 0.29) is 5.88 Å². The predicted molar refractivity (Wildman–Crippen MR) is 60.5 cm³/mol. The Bertz CT molecular complexity index is 578. The Morgan fingerprint density at radius 1 is 1.31 bits per heavy atom. The van der Waals surface area contributed by atoms with E-state index in [4.69, 9.17) is 15.5 Å². The van der Waals surface area contributed by atoms with Crippen molar-refractivity contribution in [2.75, 3.05) is 5.73 Å². The summed E-state index contributed by atoms with van der Waals surface area (Å²) >= 11 is 0. The van der Waals surface area contributed by atoms with Gasteiger partial charge in [0.2, 0.25) is 5.88 Å². The lowest BCUT2D eigenvalue weighted by Gasteiger charge is -2.06. The third-order valence-corrected chi connectivity index (χ3v) is 2.60. The Morgan fingerprint density at radius 2 is 2.06 bits per heavy atom. The number of hydrogen-bond acceptors (Lipinski definition) is 4. The van der Waals surface area contributed by atoms with Crippen LogP contribution in [0.5, 0.6) is 0 Å². The van der Waals surface area contributed by atoms with Crippen molar-refractivity contribution in [3.8, 4) is 17.3 Å². The van der Waals surface area contributed by atoms with E-state index in [1.807, 2.05) is 19.9 Å². The molecule has 0 aliphatic carbocycles. The van der Waals surface area contributed by atoms with E-state index < -0.39 is 0 Å². The van der Waals surface area contributed by atoms with Crippen LogP contribution in [-0.4, -0.2) is 5.16 Å². The van der Waals surface area contributed by atoms with Crippen molar-refractivity contribution in [1.29, 1.82) is 5.26 Å². The molecule has 2 rings (SSSR count). The molecule has 4 nitrogen and oxygen atoms in total. The minimum absolute atomic E-state index is 0.273. The molecule has 0 bridgehead atoms. The molecule has 2 N–H and O–H groups in total. The molecule has 0 aliphatic heterocycles. The van der Waals surface area contributed by atoms with E-state index in [1.165, 1.54) is 0 Å². The highest BCUT2D eigenvalue weighted by atomic mass is 16.5. The first kappa shape index (κ1) is 10.2. The van der Waals surface area contributed by atoms with Gasteiger partial charge in [0.05, 0.1) is 11.6 Å². The summed E-state index contributed by atoms with van der Waals surface area (Å²) in [5.74, 6) is 0.273. The van der Waals surface area contributed by atoms with Gasteiger partial charge in [0.15, 0.2) is 0 Å². The quantitative estimate of drug-likeness (QED) is 0.789. The van der Waals surface area contributed by atoms with E-state index in [1.54, 1.807) is 12.1 Å². The van der Waals surface area contributed by atoms with Crippen LogP contribution in [-0.2, 0) is 0 Å². The summed E-state index contributed by atoms with van der Waals surface area (Å²) < 4.78 is 4.83. The highest BCUT2D eigenvalue weighted by molar-refractivity contribution is 5.68. The van der Waals surface area contributed by atoms with Crippen LogP contribution >= 0.6 is 0 Å². The normalized spacial score (nSPS) is 10.1. The van der Waals surface area contributed by atoms with Crippen molar-refractivity contribution >= 4 is 5.88 Å². The second-order valence-electron chi connectivity index (χ2n) is 3.69. The first-order chi connectivity index (χ1) is 7.61. The number of nitrogens with two attached hydrogens (primary N) is 1. The molecular weight excluding hydrogens is 202 g/mol. The summed E-state index contributed by atoms with van der Waals surface area (Å²) in [6.45, 7) is 3.94. The first-order valence-electron chi connectivity index (χ1n) is 4.85. The maximum atomic E-state index is 8.91. The largest absolute Gasteiger partial charge is 0.368 e. The SMILES string of the molecule is Cc1cc(C#N)cc(-c2cc(N)on2)c1C. The fraction of sp³-hybridized carbons (Fsp3) is 0.167. The summed E-state index contributed by atoms with van der Waals surface area (Å²) in [6.07, 6.45) is 0. The van der Waals surface area contributed by atoms with Gasteiger partial charge in [-0.25, -0.2) is 0 Å². The van der Waals surface area contributed by atoms with Crippen LogP contribution in [0.2, 0.25) is 0 Å². The van der Waals surface area contributed by atoms with Crippen LogP contribution in [0.15, 0.2) is 22.7 Å². The maximum Gasteiger partial charge on any atom is 0.222 e. The average Bonchev–Trinajstić information content (AvgIpc) is 2.68. The zero-order valence-corrected chi connectivity index (χ0v) is 9.11. The minimum atomic E-state index is 0.273. The number of anilines is 1. The van der Waals surface area contributed by atoms with Gasteiger partial charge >= 0.3 is 0 Å². The van der Waals surface area contributed by atoms with Crippen molar-refractivity contribution in [2.45, 2.75) is 13.8 Å². The number of aryl methyl sites for hydroxylation is 1. The molecule has 1 aromatic heterocycles. The van der Waals surface area contributed by atoms with Crippen LogP contribution in [0.25, 0.3) is 11.3 Å². The van der Waals surface area contributed by atoms with Gasteiger partial charge in [-0.3, -0.25) is 0 Å². The predicted octanol–water partition coefficient (Wildman–Crippen LogP) is 2.41. The number of hydrogen-bond donors (Lipinski definition) is 1. The van der Waals surface area contributed by atoms with Crippen molar-refractivity contribution in [1.82, 2.24) is 5.16 Å². The van der Waals surface area contributed by atoms with Crippen LogP contribution in [0, 0.1) is 25.2 Å². The molecule has 1 heterocycles. The van der Waals surface area contributed by atoms with Gasteiger partial charge in [0.25, 0.3) is 0 Å². The molecule has 0 atom stereocenters. The highest BCUT2D eigenvalue weighted by Crippen LogP contribution is 2.27. The third kappa shape index (κ3) is 1.63. The summed E-state index contributed by atoms with van der Waals surface area (Å²) in [4.78, 5) is 0. The zero-order chi connectivity index (χ0) is 11.7. The molecule has 80 valence electrons. The molecule has 1 aromatic carbocycles. The fourth-order valence-electron chi connectivity index (χ4n) is 1.61. The van der Waals surface area contributed by atoms with Gasteiger partial charge in [-0.05, 0) is 37.1 Å². The molecule has 0 amide bonds. The number of nitrogens with zero attached hydrogens (tertiary/aromatic N) is 2. The van der Waals surface area contributed by atoms with Crippen molar-refractivity contribution in [3.05, 3.63) is 34.9 Å². The Labute approximate surface area is 93.3 Å². The Morgan fingerprint density at radius 3 is 2.62 bits per heavy atom. The molecule has 0 spiro atoms. The van der Waals surface area contributed by atoms with Crippen LogP contribution in [0.3, 0.4) is 0 Å². The Balaban J connectivity index is 2.65. The number of aromatic nitrogens is 1. The van der Waals surface area contributed by atoms with E-state index in [9.17, 15) is 0 Å². The van der Waals surface area contributed by atoms with Crippen LogP contribution in [0.1, 0.15) is 16.7 Å². The van der Waals surface area contributed by atoms with E-state index >= 15 is 0 Å². The average molecular weight is 213 g/mol. The molecule has 0 radical (unpaired) electrons. The topological polar surface area (TPSA) is 75.8 Å². The van der Waals surface area contributed by atoms with E-state index in [2.05, 4.69) is 11.2 Å². The molecule has 0 saturated carbocycles. The van der Waals surface area contributed by atoms with Crippen molar-refractivity contribution in [2.24, 2.45) is 0 Å². The lowest BCUT2D eigenvalue weighted by molar-refractivity contribution is 0.439. The monoisotopic (exact) mass is 213 g/mol. The maximum absolute atomic E-state index is 8.91. The number of rotatable bonds is 1. The van der Waals surface area contributed by atoms with Crippen LogP contribution < -0.4 is 5.73 Å². The number of nitrogen functional groups attached to an aromatic ring is 1. The number of benzene rings is 1. The zero-order valence-electron chi connectivity index (χ0n) is 9.11. The lowest BCUT2D eigenvalue weighted by Crippen LogP contribution is -1.90. The molecule has 0 fully saturated rings. The van der Waals surface area contributed by atoms with Gasteiger partial charge in [-0.15, -0.1) is 0 Å². The third-order valence-electron chi connectivity index (χ3n) is 2.60. The lowest BCUT2D eigenvalue weighted by atomic mass is 9.98. The fourth-order valence-corrected chi connectivity index (χ4v) is 1.61. The Kier molecular flexibility index (Phi) is 2.37. The van der Waals surface area contributed by atoms with Crippen molar-refractivity contribution in [3.63, 3.8) is 0 Å².